The van der Waals surface area contributed by atoms with Gasteiger partial charge in [-0.05, 0) is 36.6 Å². The molecule has 2 N–H and O–H groups in total. The van der Waals surface area contributed by atoms with Crippen molar-refractivity contribution in [3.8, 4) is 5.75 Å². The maximum absolute atomic E-state index is 12.4. The zero-order valence-corrected chi connectivity index (χ0v) is 16.9. The van der Waals surface area contributed by atoms with Crippen LogP contribution in [0.3, 0.4) is 0 Å². The minimum Gasteiger partial charge on any atom is -0.497 e. The molecule has 10 heteroatoms. The summed E-state index contributed by atoms with van der Waals surface area (Å²) in [6.45, 7) is 0.823. The van der Waals surface area contributed by atoms with E-state index in [0.29, 0.717) is 19.4 Å². The van der Waals surface area contributed by atoms with Gasteiger partial charge in [0.1, 0.15) is 5.75 Å². The lowest BCUT2D eigenvalue weighted by atomic mass is 10.1. The Bertz CT molecular complexity index is 1010. The number of hydrogen-bond acceptors (Lipinski definition) is 6. The number of methoxy groups -OCH3 is 1. The maximum Gasteiger partial charge on any atom is 0.314 e. The van der Waals surface area contributed by atoms with Crippen molar-refractivity contribution in [2.45, 2.75) is 12.8 Å². The largest absolute Gasteiger partial charge is 0.497 e. The van der Waals surface area contributed by atoms with Gasteiger partial charge in [0.25, 0.3) is 17.5 Å². The van der Waals surface area contributed by atoms with Gasteiger partial charge in [0.05, 0.1) is 23.2 Å². The molecule has 1 heterocycles. The fourth-order valence-corrected chi connectivity index (χ4v) is 3.21. The van der Waals surface area contributed by atoms with Gasteiger partial charge in [-0.2, -0.15) is 0 Å². The lowest BCUT2D eigenvalue weighted by molar-refractivity contribution is -0.384. The van der Waals surface area contributed by atoms with Crippen molar-refractivity contribution >= 4 is 23.5 Å². The molecule has 0 spiro atoms. The van der Waals surface area contributed by atoms with E-state index in [1.54, 1.807) is 7.11 Å². The molecular formula is C21H22N4O6. The molecule has 162 valence electrons. The number of benzene rings is 2. The molecule has 2 aromatic carbocycles. The first kappa shape index (κ1) is 21.8. The Kier molecular flexibility index (Phi) is 6.81. The molecule has 0 radical (unpaired) electrons. The molecule has 0 aromatic heterocycles. The Hall–Kier alpha value is -3.95. The van der Waals surface area contributed by atoms with Crippen molar-refractivity contribution in [2.24, 2.45) is 0 Å². The van der Waals surface area contributed by atoms with E-state index >= 15 is 0 Å². The van der Waals surface area contributed by atoms with Crippen molar-refractivity contribution in [3.05, 3.63) is 69.3 Å². The predicted molar refractivity (Wildman–Crippen MR) is 111 cm³/mol. The summed E-state index contributed by atoms with van der Waals surface area (Å²) >= 11 is 0. The van der Waals surface area contributed by atoms with Crippen LogP contribution < -0.4 is 15.4 Å². The van der Waals surface area contributed by atoms with Gasteiger partial charge in [0.15, 0.2) is 0 Å². The normalized spacial score (nSPS) is 12.5. The SMILES string of the molecule is COc1ccc(CCNC(=O)NCCCN2C(=O)c3ccc([N+](=O)[O-])cc3C2=O)cc1. The number of ether oxygens (including phenoxy) is 1. The van der Waals surface area contributed by atoms with Gasteiger partial charge in [-0.15, -0.1) is 0 Å². The zero-order valence-electron chi connectivity index (χ0n) is 16.9. The van der Waals surface area contributed by atoms with Crippen LogP contribution in [-0.4, -0.2) is 54.4 Å². The summed E-state index contributed by atoms with van der Waals surface area (Å²) in [5.41, 5.74) is 1.00. The molecule has 1 aliphatic heterocycles. The van der Waals surface area contributed by atoms with Crippen LogP contribution in [0.1, 0.15) is 32.7 Å². The average Bonchev–Trinajstić information content (AvgIpc) is 3.01. The first-order valence-electron chi connectivity index (χ1n) is 9.70. The lowest BCUT2D eigenvalue weighted by Gasteiger charge is -2.14. The Balaban J connectivity index is 1.39. The second-order valence-electron chi connectivity index (χ2n) is 6.88. The molecular weight excluding hydrogens is 404 g/mol. The first-order valence-corrected chi connectivity index (χ1v) is 9.70. The van der Waals surface area contributed by atoms with Crippen molar-refractivity contribution in [1.82, 2.24) is 15.5 Å². The van der Waals surface area contributed by atoms with Crippen molar-refractivity contribution in [2.75, 3.05) is 26.7 Å². The minimum absolute atomic E-state index is 0.0310. The van der Waals surface area contributed by atoms with Gasteiger partial charge >= 0.3 is 6.03 Å². The van der Waals surface area contributed by atoms with Crippen LogP contribution in [0.4, 0.5) is 10.5 Å². The van der Waals surface area contributed by atoms with Crippen LogP contribution in [0.25, 0.3) is 0 Å². The quantitative estimate of drug-likeness (QED) is 0.273. The Labute approximate surface area is 178 Å². The van der Waals surface area contributed by atoms with Crippen molar-refractivity contribution in [1.29, 1.82) is 0 Å². The van der Waals surface area contributed by atoms with Crippen LogP contribution in [-0.2, 0) is 6.42 Å². The molecule has 2 aromatic rings. The number of hydrogen-bond donors (Lipinski definition) is 2. The molecule has 0 aliphatic carbocycles. The molecule has 0 atom stereocenters. The number of fused-ring (bicyclic) bond motifs is 1. The van der Waals surface area contributed by atoms with Crippen molar-refractivity contribution < 1.29 is 24.0 Å². The van der Waals surface area contributed by atoms with Crippen LogP contribution in [0, 0.1) is 10.1 Å². The second kappa shape index (κ2) is 9.70. The van der Waals surface area contributed by atoms with E-state index in [0.717, 1.165) is 22.3 Å². The third-order valence-corrected chi connectivity index (χ3v) is 4.87. The van der Waals surface area contributed by atoms with E-state index in [-0.39, 0.29) is 35.9 Å². The Morgan fingerprint density at radius 1 is 1.03 bits per heavy atom. The number of carbonyl (C=O) groups excluding carboxylic acids is 3. The number of urea groups is 1. The van der Waals surface area contributed by atoms with Gasteiger partial charge < -0.3 is 15.4 Å². The van der Waals surface area contributed by atoms with Gasteiger partial charge in [-0.1, -0.05) is 12.1 Å². The van der Waals surface area contributed by atoms with Crippen LogP contribution in [0.5, 0.6) is 5.75 Å². The summed E-state index contributed by atoms with van der Waals surface area (Å²) in [5.74, 6) is -0.280. The molecule has 4 amide bonds. The molecule has 0 bridgehead atoms. The number of nitro groups is 1. The minimum atomic E-state index is -0.613. The summed E-state index contributed by atoms with van der Waals surface area (Å²) in [6.07, 6.45) is 1.03. The summed E-state index contributed by atoms with van der Waals surface area (Å²) in [6, 6.07) is 10.8. The van der Waals surface area contributed by atoms with Gasteiger partial charge in [-0.3, -0.25) is 24.6 Å². The summed E-state index contributed by atoms with van der Waals surface area (Å²) in [7, 11) is 1.60. The highest BCUT2D eigenvalue weighted by molar-refractivity contribution is 6.21. The van der Waals surface area contributed by atoms with E-state index in [1.807, 2.05) is 24.3 Å². The number of nitro benzene ring substituents is 1. The maximum atomic E-state index is 12.4. The molecule has 1 aliphatic rings. The molecule has 10 nitrogen and oxygen atoms in total. The van der Waals surface area contributed by atoms with E-state index in [4.69, 9.17) is 4.74 Å². The molecule has 0 saturated carbocycles. The van der Waals surface area contributed by atoms with Gasteiger partial charge in [-0.25, -0.2) is 4.79 Å². The lowest BCUT2D eigenvalue weighted by Crippen LogP contribution is -2.38. The summed E-state index contributed by atoms with van der Waals surface area (Å²) < 4.78 is 5.10. The topological polar surface area (TPSA) is 131 Å². The van der Waals surface area contributed by atoms with E-state index in [9.17, 15) is 24.5 Å². The highest BCUT2D eigenvalue weighted by atomic mass is 16.6. The third-order valence-electron chi connectivity index (χ3n) is 4.87. The molecule has 3 rings (SSSR count). The average molecular weight is 426 g/mol. The number of rotatable bonds is 9. The fourth-order valence-electron chi connectivity index (χ4n) is 3.21. The number of non-ortho nitro benzene ring substituents is 1. The highest BCUT2D eigenvalue weighted by Crippen LogP contribution is 2.26. The number of amides is 4. The zero-order chi connectivity index (χ0) is 22.4. The summed E-state index contributed by atoms with van der Waals surface area (Å²) in [5, 5.41) is 16.3. The van der Waals surface area contributed by atoms with Crippen LogP contribution in [0.2, 0.25) is 0 Å². The molecule has 31 heavy (non-hydrogen) atoms. The second-order valence-corrected chi connectivity index (χ2v) is 6.88. The fraction of sp³-hybridized carbons (Fsp3) is 0.286. The van der Waals surface area contributed by atoms with E-state index in [1.165, 1.54) is 12.1 Å². The van der Waals surface area contributed by atoms with Crippen LogP contribution in [0.15, 0.2) is 42.5 Å². The van der Waals surface area contributed by atoms with E-state index < -0.39 is 16.7 Å². The Morgan fingerprint density at radius 2 is 1.71 bits per heavy atom. The smallest absolute Gasteiger partial charge is 0.314 e. The number of nitrogens with zero attached hydrogens (tertiary/aromatic N) is 2. The van der Waals surface area contributed by atoms with Crippen molar-refractivity contribution in [3.63, 3.8) is 0 Å². The number of carbonyl (C=O) groups is 3. The molecule has 0 fully saturated rings. The van der Waals surface area contributed by atoms with Crippen LogP contribution >= 0.6 is 0 Å². The monoisotopic (exact) mass is 426 g/mol. The van der Waals surface area contributed by atoms with Gasteiger partial charge in [0, 0.05) is 31.8 Å². The molecule has 0 unspecified atom stereocenters. The Morgan fingerprint density at radius 3 is 2.39 bits per heavy atom. The summed E-state index contributed by atoms with van der Waals surface area (Å²) in [4.78, 5) is 47.9. The predicted octanol–water partition coefficient (Wildman–Crippen LogP) is 2.13. The number of imide groups is 1. The molecule has 0 saturated heterocycles. The standard InChI is InChI=1S/C21H22N4O6/c1-31-16-6-3-14(4-7-16)9-11-23-21(28)22-10-2-12-24-19(26)17-8-5-15(25(29)30)13-18(17)20(24)27/h3-8,13H,2,9-12H2,1H3,(H2,22,23,28). The first-order chi connectivity index (χ1) is 14.9. The van der Waals surface area contributed by atoms with Gasteiger partial charge in [0.2, 0.25) is 0 Å². The third kappa shape index (κ3) is 5.16. The highest BCUT2D eigenvalue weighted by Gasteiger charge is 2.36. The number of nitrogens with one attached hydrogen (secondary N) is 2. The van der Waals surface area contributed by atoms with E-state index in [2.05, 4.69) is 10.6 Å².